The van der Waals surface area contributed by atoms with Crippen LogP contribution >= 0.6 is 22.7 Å². The monoisotopic (exact) mass is 410 g/mol. The van der Waals surface area contributed by atoms with E-state index < -0.39 is 7.12 Å². The van der Waals surface area contributed by atoms with E-state index in [0.717, 1.165) is 15.5 Å². The molecule has 0 radical (unpaired) electrons. The Morgan fingerprint density at radius 2 is 1.07 bits per heavy atom. The van der Waals surface area contributed by atoms with Gasteiger partial charge in [0.1, 0.15) is 0 Å². The van der Waals surface area contributed by atoms with E-state index in [0.29, 0.717) is 5.46 Å². The van der Waals surface area contributed by atoms with Crippen molar-refractivity contribution in [2.45, 2.75) is 0 Å². The number of hydrogen-bond donors (Lipinski definition) is 2. The average Bonchev–Trinajstić information content (AvgIpc) is 3.31. The molecule has 29 heavy (non-hydrogen) atoms. The van der Waals surface area contributed by atoms with Gasteiger partial charge in [0.2, 0.25) is 0 Å². The third-order valence-corrected chi connectivity index (χ3v) is 8.05. The first kappa shape index (κ1) is 17.2. The molecule has 2 aromatic heterocycles. The zero-order valence-electron chi connectivity index (χ0n) is 15.3. The van der Waals surface area contributed by atoms with Crippen molar-refractivity contribution >= 4 is 75.6 Å². The van der Waals surface area contributed by atoms with Gasteiger partial charge >= 0.3 is 7.12 Å². The lowest BCUT2D eigenvalue weighted by molar-refractivity contribution is 0.426. The second-order valence-electron chi connectivity index (χ2n) is 7.16. The van der Waals surface area contributed by atoms with Crippen LogP contribution in [0.4, 0.5) is 0 Å². The van der Waals surface area contributed by atoms with Crippen LogP contribution < -0.4 is 5.46 Å². The lowest BCUT2D eigenvalue weighted by Gasteiger charge is -2.05. The summed E-state index contributed by atoms with van der Waals surface area (Å²) in [5.41, 5.74) is 2.99. The van der Waals surface area contributed by atoms with Crippen molar-refractivity contribution in [3.05, 3.63) is 78.9 Å². The third-order valence-electron chi connectivity index (χ3n) is 5.53. The minimum Gasteiger partial charge on any atom is -0.423 e. The summed E-state index contributed by atoms with van der Waals surface area (Å²) >= 11 is 3.47. The molecule has 0 fully saturated rings. The molecular formula is C24H15BO2S2. The molecule has 0 aliphatic heterocycles. The van der Waals surface area contributed by atoms with E-state index in [1.807, 2.05) is 17.4 Å². The van der Waals surface area contributed by atoms with Gasteiger partial charge in [-0.1, -0.05) is 72.8 Å². The molecule has 2 heterocycles. The van der Waals surface area contributed by atoms with Crippen molar-refractivity contribution in [3.8, 4) is 11.1 Å². The molecule has 5 heteroatoms. The van der Waals surface area contributed by atoms with Crippen LogP contribution in [-0.2, 0) is 0 Å². The summed E-state index contributed by atoms with van der Waals surface area (Å²) in [7, 11) is -1.47. The van der Waals surface area contributed by atoms with Crippen molar-refractivity contribution in [3.63, 3.8) is 0 Å². The maximum absolute atomic E-state index is 9.82. The Kier molecular flexibility index (Phi) is 3.80. The second-order valence-corrected chi connectivity index (χ2v) is 9.24. The molecule has 0 unspecified atom stereocenters. The normalized spacial score (nSPS) is 11.8. The van der Waals surface area contributed by atoms with E-state index in [1.165, 1.54) is 36.0 Å². The van der Waals surface area contributed by atoms with Crippen molar-refractivity contribution in [2.75, 3.05) is 0 Å². The average molecular weight is 410 g/mol. The van der Waals surface area contributed by atoms with E-state index >= 15 is 0 Å². The Morgan fingerprint density at radius 3 is 1.79 bits per heavy atom. The molecule has 6 rings (SSSR count). The minimum atomic E-state index is -1.47. The molecule has 0 atom stereocenters. The molecular weight excluding hydrogens is 395 g/mol. The fraction of sp³-hybridized carbons (Fsp3) is 0. The van der Waals surface area contributed by atoms with Crippen LogP contribution in [0, 0.1) is 0 Å². The molecule has 0 bridgehead atoms. The molecule has 0 saturated carbocycles. The molecule has 2 N–H and O–H groups in total. The number of rotatable bonds is 2. The number of benzene rings is 4. The van der Waals surface area contributed by atoms with E-state index in [2.05, 4.69) is 66.7 Å². The highest BCUT2D eigenvalue weighted by Crippen LogP contribution is 2.44. The van der Waals surface area contributed by atoms with Gasteiger partial charge in [0, 0.05) is 46.1 Å². The Labute approximate surface area is 175 Å². The SMILES string of the molecule is OB(O)c1cccc2c1sc1c(-c3cccc4c3sc3ccccc34)cccc12. The number of thiophene rings is 2. The smallest absolute Gasteiger partial charge is 0.423 e. The highest BCUT2D eigenvalue weighted by Gasteiger charge is 2.19. The fourth-order valence-electron chi connectivity index (χ4n) is 4.22. The minimum absolute atomic E-state index is 0.565. The molecule has 2 nitrogen and oxygen atoms in total. The van der Waals surface area contributed by atoms with Gasteiger partial charge in [-0.2, -0.15) is 0 Å². The molecule has 0 aliphatic rings. The van der Waals surface area contributed by atoms with Gasteiger partial charge < -0.3 is 10.0 Å². The summed E-state index contributed by atoms with van der Waals surface area (Å²) in [5.74, 6) is 0. The van der Waals surface area contributed by atoms with Gasteiger partial charge in [-0.25, -0.2) is 0 Å². The lowest BCUT2D eigenvalue weighted by atomic mass is 9.80. The predicted molar refractivity (Wildman–Crippen MR) is 127 cm³/mol. The maximum atomic E-state index is 9.82. The predicted octanol–water partition coefficient (Wildman–Crippen LogP) is 5.77. The van der Waals surface area contributed by atoms with Gasteiger partial charge in [-0.3, -0.25) is 0 Å². The molecule has 0 spiro atoms. The Bertz CT molecular complexity index is 1550. The van der Waals surface area contributed by atoms with Crippen molar-refractivity contribution in [1.82, 2.24) is 0 Å². The Morgan fingerprint density at radius 1 is 0.517 bits per heavy atom. The highest BCUT2D eigenvalue weighted by atomic mass is 32.1. The van der Waals surface area contributed by atoms with Crippen molar-refractivity contribution in [2.24, 2.45) is 0 Å². The third kappa shape index (κ3) is 2.49. The second kappa shape index (κ2) is 6.41. The van der Waals surface area contributed by atoms with Crippen molar-refractivity contribution in [1.29, 1.82) is 0 Å². The topological polar surface area (TPSA) is 40.5 Å². The molecule has 6 aromatic rings. The largest absolute Gasteiger partial charge is 0.489 e. The summed E-state index contributed by atoms with van der Waals surface area (Å²) in [6.45, 7) is 0. The van der Waals surface area contributed by atoms with E-state index in [-0.39, 0.29) is 0 Å². The zero-order chi connectivity index (χ0) is 19.5. The molecule has 138 valence electrons. The molecule has 0 aliphatic carbocycles. The number of hydrogen-bond acceptors (Lipinski definition) is 4. The fourth-order valence-corrected chi connectivity index (χ4v) is 6.81. The zero-order valence-corrected chi connectivity index (χ0v) is 16.9. The first-order chi connectivity index (χ1) is 14.2. The summed E-state index contributed by atoms with van der Waals surface area (Å²) in [4.78, 5) is 0. The van der Waals surface area contributed by atoms with Crippen LogP contribution in [0.5, 0.6) is 0 Å². The lowest BCUT2D eigenvalue weighted by Crippen LogP contribution is -2.29. The van der Waals surface area contributed by atoms with Gasteiger partial charge in [0.05, 0.1) is 0 Å². The number of fused-ring (bicyclic) bond motifs is 6. The van der Waals surface area contributed by atoms with E-state index in [4.69, 9.17) is 0 Å². The summed E-state index contributed by atoms with van der Waals surface area (Å²) in [5, 5.41) is 24.4. The Hall–Kier alpha value is -2.70. The standard InChI is InChI=1S/C24H15BO2S2/c26-25(27)20-12-5-11-19-18-10-4-9-17(23(18)29-24(19)20)16-8-3-7-15-14-6-1-2-13-21(14)28-22(15)16/h1-13,26-27H. The summed E-state index contributed by atoms with van der Waals surface area (Å²) < 4.78 is 4.71. The first-order valence-corrected chi connectivity index (χ1v) is 11.1. The van der Waals surface area contributed by atoms with E-state index in [1.54, 1.807) is 17.4 Å². The van der Waals surface area contributed by atoms with Crippen LogP contribution in [0.25, 0.3) is 51.5 Å². The van der Waals surface area contributed by atoms with Crippen LogP contribution in [0.3, 0.4) is 0 Å². The summed E-state index contributed by atoms with van der Waals surface area (Å²) in [6.07, 6.45) is 0. The highest BCUT2D eigenvalue weighted by molar-refractivity contribution is 7.28. The summed E-state index contributed by atoms with van der Waals surface area (Å²) in [6, 6.07) is 27.2. The van der Waals surface area contributed by atoms with Crippen LogP contribution in [-0.4, -0.2) is 17.2 Å². The van der Waals surface area contributed by atoms with Gasteiger partial charge in [-0.15, -0.1) is 22.7 Å². The van der Waals surface area contributed by atoms with Gasteiger partial charge in [-0.05, 0) is 16.9 Å². The molecule has 0 amide bonds. The Balaban J connectivity index is 1.72. The van der Waals surface area contributed by atoms with Gasteiger partial charge in [0.15, 0.2) is 0 Å². The van der Waals surface area contributed by atoms with E-state index in [9.17, 15) is 10.0 Å². The molecule has 0 saturated heterocycles. The van der Waals surface area contributed by atoms with Gasteiger partial charge in [0.25, 0.3) is 0 Å². The molecule has 4 aromatic carbocycles. The van der Waals surface area contributed by atoms with Crippen LogP contribution in [0.15, 0.2) is 78.9 Å². The quantitative estimate of drug-likeness (QED) is 0.356. The first-order valence-electron chi connectivity index (χ1n) is 9.43. The van der Waals surface area contributed by atoms with Crippen LogP contribution in [0.1, 0.15) is 0 Å². The van der Waals surface area contributed by atoms with Crippen LogP contribution in [0.2, 0.25) is 0 Å². The maximum Gasteiger partial charge on any atom is 0.489 e. The van der Waals surface area contributed by atoms with Crippen molar-refractivity contribution < 1.29 is 10.0 Å².